The number of hydrogen-bond donors (Lipinski definition) is 2. The Morgan fingerprint density at radius 2 is 2.00 bits per heavy atom. The SMILES string of the molecule is Cc1ccc(S(=O)ONN)cc1. The molecule has 0 aliphatic rings. The summed E-state index contributed by atoms with van der Waals surface area (Å²) in [6.07, 6.45) is 0. The quantitative estimate of drug-likeness (QED) is 0.530. The van der Waals surface area contributed by atoms with Gasteiger partial charge < -0.3 is 0 Å². The molecule has 1 aromatic carbocycles. The molecule has 5 heteroatoms. The van der Waals surface area contributed by atoms with Crippen molar-refractivity contribution in [2.45, 2.75) is 11.8 Å². The van der Waals surface area contributed by atoms with Crippen LogP contribution in [0.15, 0.2) is 29.2 Å². The van der Waals surface area contributed by atoms with Gasteiger partial charge in [-0.15, -0.1) is 5.59 Å². The van der Waals surface area contributed by atoms with Crippen LogP contribution in [0.25, 0.3) is 0 Å². The topological polar surface area (TPSA) is 64.3 Å². The summed E-state index contributed by atoms with van der Waals surface area (Å²) in [6.45, 7) is 1.95. The van der Waals surface area contributed by atoms with E-state index in [4.69, 9.17) is 5.84 Å². The van der Waals surface area contributed by atoms with Crippen LogP contribution in [0, 0.1) is 6.92 Å². The molecular formula is C7H10N2O2S. The minimum atomic E-state index is -1.53. The molecule has 4 nitrogen and oxygen atoms in total. The second kappa shape index (κ2) is 4.32. The van der Waals surface area contributed by atoms with E-state index in [1.54, 1.807) is 12.1 Å². The summed E-state index contributed by atoms with van der Waals surface area (Å²) < 4.78 is 15.6. The Labute approximate surface area is 73.3 Å². The molecule has 3 N–H and O–H groups in total. The van der Waals surface area contributed by atoms with Crippen molar-refractivity contribution in [2.75, 3.05) is 0 Å². The van der Waals surface area contributed by atoms with E-state index in [9.17, 15) is 4.21 Å². The van der Waals surface area contributed by atoms with Crippen LogP contribution in [0.5, 0.6) is 0 Å². The van der Waals surface area contributed by atoms with Crippen LogP contribution in [0.3, 0.4) is 0 Å². The minimum Gasteiger partial charge on any atom is -0.247 e. The maximum Gasteiger partial charge on any atom is 0.207 e. The zero-order chi connectivity index (χ0) is 8.97. The van der Waals surface area contributed by atoms with E-state index in [0.29, 0.717) is 4.90 Å². The summed E-state index contributed by atoms with van der Waals surface area (Å²) in [5, 5.41) is 0. The molecule has 0 aromatic heterocycles. The van der Waals surface area contributed by atoms with Crippen LogP contribution in [-0.4, -0.2) is 4.21 Å². The van der Waals surface area contributed by atoms with Gasteiger partial charge in [0.2, 0.25) is 11.1 Å². The van der Waals surface area contributed by atoms with E-state index in [0.717, 1.165) is 5.56 Å². The molecule has 0 aliphatic carbocycles. The monoisotopic (exact) mass is 186 g/mol. The Morgan fingerprint density at radius 3 is 2.50 bits per heavy atom. The van der Waals surface area contributed by atoms with E-state index < -0.39 is 11.1 Å². The summed E-state index contributed by atoms with van der Waals surface area (Å²) >= 11 is -1.53. The standard InChI is InChI=1S/C7H10N2O2S/c1-6-2-4-7(5-3-6)12(10)11-9-8/h2-5,9H,8H2,1H3. The van der Waals surface area contributed by atoms with Crippen molar-refractivity contribution in [1.82, 2.24) is 5.59 Å². The van der Waals surface area contributed by atoms with E-state index in [-0.39, 0.29) is 0 Å². The molecule has 66 valence electrons. The third-order valence-corrected chi connectivity index (χ3v) is 2.24. The zero-order valence-electron chi connectivity index (χ0n) is 6.61. The first-order chi connectivity index (χ1) is 5.74. The molecule has 1 aromatic rings. The van der Waals surface area contributed by atoms with Gasteiger partial charge in [-0.25, -0.2) is 10.1 Å². The van der Waals surface area contributed by atoms with Gasteiger partial charge >= 0.3 is 0 Å². The minimum absolute atomic E-state index is 0.582. The molecule has 1 atom stereocenters. The molecule has 0 spiro atoms. The highest BCUT2D eigenvalue weighted by Crippen LogP contribution is 2.07. The predicted octanol–water partition coefficient (Wildman–Crippen LogP) is 0.413. The van der Waals surface area contributed by atoms with Crippen LogP contribution in [0.1, 0.15) is 5.56 Å². The van der Waals surface area contributed by atoms with Gasteiger partial charge in [-0.3, -0.25) is 0 Å². The molecule has 0 heterocycles. The van der Waals surface area contributed by atoms with Gasteiger partial charge in [0, 0.05) is 0 Å². The third-order valence-electron chi connectivity index (χ3n) is 1.34. The lowest BCUT2D eigenvalue weighted by Gasteiger charge is -2.00. The maximum atomic E-state index is 11.1. The van der Waals surface area contributed by atoms with E-state index in [2.05, 4.69) is 4.28 Å². The van der Waals surface area contributed by atoms with Crippen LogP contribution in [-0.2, 0) is 15.4 Å². The van der Waals surface area contributed by atoms with Crippen molar-refractivity contribution in [3.8, 4) is 0 Å². The number of nitrogens with two attached hydrogens (primary N) is 1. The van der Waals surface area contributed by atoms with Crippen molar-refractivity contribution in [2.24, 2.45) is 5.84 Å². The second-order valence-electron chi connectivity index (χ2n) is 2.25. The summed E-state index contributed by atoms with van der Waals surface area (Å²) in [5.41, 5.74) is 2.99. The average Bonchev–Trinajstić information content (AvgIpc) is 2.06. The summed E-state index contributed by atoms with van der Waals surface area (Å²) in [7, 11) is 0. The zero-order valence-corrected chi connectivity index (χ0v) is 7.43. The van der Waals surface area contributed by atoms with E-state index in [1.807, 2.05) is 24.6 Å². The van der Waals surface area contributed by atoms with Crippen molar-refractivity contribution >= 4 is 11.1 Å². The molecule has 0 amide bonds. The fraction of sp³-hybridized carbons (Fsp3) is 0.143. The molecule has 1 rings (SSSR count). The summed E-state index contributed by atoms with van der Waals surface area (Å²) in [6, 6.07) is 7.16. The number of hydrazine groups is 1. The predicted molar refractivity (Wildman–Crippen MR) is 46.0 cm³/mol. The first-order valence-electron chi connectivity index (χ1n) is 3.35. The largest absolute Gasteiger partial charge is 0.247 e. The fourth-order valence-corrected chi connectivity index (χ4v) is 1.28. The summed E-state index contributed by atoms with van der Waals surface area (Å²) in [5.74, 6) is 4.83. The van der Waals surface area contributed by atoms with Gasteiger partial charge in [0.1, 0.15) is 0 Å². The van der Waals surface area contributed by atoms with Gasteiger partial charge in [-0.2, -0.15) is 4.28 Å². The smallest absolute Gasteiger partial charge is 0.207 e. The lowest BCUT2D eigenvalue weighted by atomic mass is 10.2. The molecule has 0 radical (unpaired) electrons. The van der Waals surface area contributed by atoms with Crippen LogP contribution in [0.2, 0.25) is 0 Å². The first-order valence-corrected chi connectivity index (χ1v) is 4.43. The number of nitrogens with one attached hydrogen (secondary N) is 1. The number of rotatable bonds is 3. The molecule has 12 heavy (non-hydrogen) atoms. The van der Waals surface area contributed by atoms with Crippen LogP contribution in [0.4, 0.5) is 0 Å². The molecule has 1 unspecified atom stereocenters. The Kier molecular flexibility index (Phi) is 3.36. The van der Waals surface area contributed by atoms with Gasteiger partial charge in [0.25, 0.3) is 0 Å². The lowest BCUT2D eigenvalue weighted by Crippen LogP contribution is -2.23. The maximum absolute atomic E-state index is 11.1. The number of hydrogen-bond acceptors (Lipinski definition) is 4. The van der Waals surface area contributed by atoms with Gasteiger partial charge in [-0.1, -0.05) is 17.7 Å². The Hall–Kier alpha value is -0.750. The van der Waals surface area contributed by atoms with Crippen molar-refractivity contribution < 1.29 is 8.49 Å². The third kappa shape index (κ3) is 2.38. The fourth-order valence-electron chi connectivity index (χ4n) is 0.741. The average molecular weight is 186 g/mol. The Bertz CT molecular complexity index is 273. The van der Waals surface area contributed by atoms with Crippen molar-refractivity contribution in [3.05, 3.63) is 29.8 Å². The highest BCUT2D eigenvalue weighted by Gasteiger charge is 2.01. The number of benzene rings is 1. The normalized spacial score (nSPS) is 12.8. The second-order valence-corrected chi connectivity index (χ2v) is 3.36. The number of aryl methyl sites for hydroxylation is 1. The van der Waals surface area contributed by atoms with Gasteiger partial charge in [0.15, 0.2) is 0 Å². The Balaban J connectivity index is 2.75. The van der Waals surface area contributed by atoms with Crippen molar-refractivity contribution in [3.63, 3.8) is 0 Å². The lowest BCUT2D eigenvalue weighted by molar-refractivity contribution is 0.225. The van der Waals surface area contributed by atoms with Gasteiger partial charge in [0.05, 0.1) is 4.90 Å². The van der Waals surface area contributed by atoms with Crippen LogP contribution >= 0.6 is 0 Å². The molecule has 0 bridgehead atoms. The van der Waals surface area contributed by atoms with Gasteiger partial charge in [-0.05, 0) is 19.1 Å². The highest BCUT2D eigenvalue weighted by atomic mass is 32.2. The molecular weight excluding hydrogens is 176 g/mol. The summed E-state index contributed by atoms with van der Waals surface area (Å²) in [4.78, 5) is 0.582. The Morgan fingerprint density at radius 1 is 1.42 bits per heavy atom. The molecule has 0 saturated carbocycles. The first kappa shape index (κ1) is 9.34. The highest BCUT2D eigenvalue weighted by molar-refractivity contribution is 7.80. The molecule has 0 aliphatic heterocycles. The molecule has 0 fully saturated rings. The van der Waals surface area contributed by atoms with E-state index >= 15 is 0 Å². The van der Waals surface area contributed by atoms with E-state index in [1.165, 1.54) is 0 Å². The van der Waals surface area contributed by atoms with Crippen molar-refractivity contribution in [1.29, 1.82) is 0 Å². The molecule has 0 saturated heterocycles. The van der Waals surface area contributed by atoms with Crippen LogP contribution < -0.4 is 11.4 Å².